The highest BCUT2D eigenvalue weighted by Gasteiger charge is 2.20. The van der Waals surface area contributed by atoms with E-state index in [1.165, 1.54) is 0 Å². The Balaban J connectivity index is 2.38. The smallest absolute Gasteiger partial charge is 0.261 e. The highest BCUT2D eigenvalue weighted by Crippen LogP contribution is 2.24. The zero-order valence-corrected chi connectivity index (χ0v) is 10.7. The van der Waals surface area contributed by atoms with E-state index in [0.29, 0.717) is 5.82 Å². The zero-order valence-electron chi connectivity index (χ0n) is 9.87. The third-order valence-electron chi connectivity index (χ3n) is 2.68. The van der Waals surface area contributed by atoms with Gasteiger partial charge < -0.3 is 0 Å². The molecule has 0 spiro atoms. The molecule has 0 aliphatic carbocycles. The van der Waals surface area contributed by atoms with Crippen molar-refractivity contribution in [3.63, 3.8) is 0 Å². The average molecular weight is 266 g/mol. The molecule has 1 atom stereocenters. The van der Waals surface area contributed by atoms with Crippen LogP contribution in [-0.2, 0) is 10.0 Å². The zero-order chi connectivity index (χ0) is 13.2. The molecule has 1 unspecified atom stereocenters. The lowest BCUT2D eigenvalue weighted by molar-refractivity contribution is 0.589. The quantitative estimate of drug-likeness (QED) is 0.861. The topological polar surface area (TPSA) is 102 Å². The molecule has 0 amide bonds. The highest BCUT2D eigenvalue weighted by atomic mass is 32.2. The maximum absolute atomic E-state index is 11.1. The van der Waals surface area contributed by atoms with Crippen molar-refractivity contribution in [2.75, 3.05) is 0 Å². The second-order valence-electron chi connectivity index (χ2n) is 3.92. The Kier molecular flexibility index (Phi) is 3.44. The molecule has 1 heterocycles. The molecule has 0 saturated heterocycles. The molecule has 6 nitrogen and oxygen atoms in total. The van der Waals surface area contributed by atoms with E-state index in [9.17, 15) is 8.42 Å². The van der Waals surface area contributed by atoms with Gasteiger partial charge in [-0.3, -0.25) is 5.10 Å². The van der Waals surface area contributed by atoms with Gasteiger partial charge in [-0.05, 0) is 12.0 Å². The lowest BCUT2D eigenvalue weighted by atomic mass is 9.96. The minimum atomic E-state index is -3.86. The number of H-pyrrole nitrogens is 1. The van der Waals surface area contributed by atoms with Crippen LogP contribution in [0.1, 0.15) is 30.7 Å². The van der Waals surface area contributed by atoms with Gasteiger partial charge in [-0.15, -0.1) is 5.10 Å². The molecule has 1 aromatic carbocycles. The van der Waals surface area contributed by atoms with Crippen LogP contribution >= 0.6 is 0 Å². The lowest BCUT2D eigenvalue weighted by Gasteiger charge is -2.11. The normalized spacial score (nSPS) is 13.4. The van der Waals surface area contributed by atoms with Crippen LogP contribution in [0.5, 0.6) is 0 Å². The molecule has 18 heavy (non-hydrogen) atoms. The maximum atomic E-state index is 11.1. The van der Waals surface area contributed by atoms with Crippen molar-refractivity contribution in [3.8, 4) is 0 Å². The summed E-state index contributed by atoms with van der Waals surface area (Å²) in [5.74, 6) is 0.488. The fourth-order valence-electron chi connectivity index (χ4n) is 1.81. The third kappa shape index (κ3) is 2.57. The number of nitrogens with zero attached hydrogens (tertiary/aromatic N) is 2. The van der Waals surface area contributed by atoms with Gasteiger partial charge in [-0.1, -0.05) is 37.3 Å². The fourth-order valence-corrected chi connectivity index (χ4v) is 2.21. The Hall–Kier alpha value is -1.73. The number of primary sulfonamides is 1. The van der Waals surface area contributed by atoms with E-state index in [1.807, 2.05) is 37.3 Å². The second kappa shape index (κ2) is 4.87. The van der Waals surface area contributed by atoms with Gasteiger partial charge in [0.05, 0.1) is 0 Å². The Morgan fingerprint density at radius 3 is 2.50 bits per heavy atom. The first kappa shape index (κ1) is 12.7. The van der Waals surface area contributed by atoms with E-state index < -0.39 is 10.0 Å². The van der Waals surface area contributed by atoms with Crippen molar-refractivity contribution in [2.45, 2.75) is 24.4 Å². The highest BCUT2D eigenvalue weighted by molar-refractivity contribution is 7.89. The number of hydrogen-bond acceptors (Lipinski definition) is 4. The van der Waals surface area contributed by atoms with Crippen LogP contribution in [0.4, 0.5) is 0 Å². The monoisotopic (exact) mass is 266 g/mol. The van der Waals surface area contributed by atoms with Crippen LogP contribution in [-0.4, -0.2) is 23.6 Å². The molecule has 0 radical (unpaired) electrons. The molecule has 0 fully saturated rings. The number of nitrogens with two attached hydrogens (primary N) is 1. The fraction of sp³-hybridized carbons (Fsp3) is 0.273. The van der Waals surface area contributed by atoms with E-state index in [1.54, 1.807) is 0 Å². The molecule has 0 aliphatic heterocycles. The third-order valence-corrected chi connectivity index (χ3v) is 3.37. The first-order chi connectivity index (χ1) is 8.52. The van der Waals surface area contributed by atoms with Crippen molar-refractivity contribution < 1.29 is 8.42 Å². The Labute approximate surface area is 105 Å². The second-order valence-corrected chi connectivity index (χ2v) is 5.37. The van der Waals surface area contributed by atoms with Gasteiger partial charge in [0, 0.05) is 5.92 Å². The van der Waals surface area contributed by atoms with E-state index in [-0.39, 0.29) is 11.1 Å². The minimum absolute atomic E-state index is 0.0193. The van der Waals surface area contributed by atoms with E-state index in [4.69, 9.17) is 5.14 Å². The molecule has 2 rings (SSSR count). The summed E-state index contributed by atoms with van der Waals surface area (Å²) >= 11 is 0. The predicted octanol–water partition coefficient (Wildman–Crippen LogP) is 0.994. The van der Waals surface area contributed by atoms with Gasteiger partial charge in [0.2, 0.25) is 0 Å². The van der Waals surface area contributed by atoms with Crippen LogP contribution in [0.25, 0.3) is 0 Å². The maximum Gasteiger partial charge on any atom is 0.282 e. The molecule has 96 valence electrons. The predicted molar refractivity (Wildman–Crippen MR) is 66.3 cm³/mol. The number of sulfonamides is 1. The van der Waals surface area contributed by atoms with Crippen molar-refractivity contribution >= 4 is 10.0 Å². The van der Waals surface area contributed by atoms with E-state index >= 15 is 0 Å². The number of rotatable bonds is 4. The molecule has 0 bridgehead atoms. The largest absolute Gasteiger partial charge is 0.282 e. The van der Waals surface area contributed by atoms with Gasteiger partial charge in [0.1, 0.15) is 5.82 Å². The average Bonchev–Trinajstić information content (AvgIpc) is 2.81. The van der Waals surface area contributed by atoms with Gasteiger partial charge in [0.25, 0.3) is 15.2 Å². The van der Waals surface area contributed by atoms with Crippen molar-refractivity contribution in [3.05, 3.63) is 41.7 Å². The molecule has 2 aromatic rings. The molecular weight excluding hydrogens is 252 g/mol. The molecule has 1 aromatic heterocycles. The van der Waals surface area contributed by atoms with Crippen molar-refractivity contribution in [1.29, 1.82) is 0 Å². The molecule has 7 heteroatoms. The first-order valence-electron chi connectivity index (χ1n) is 5.52. The first-order valence-corrected chi connectivity index (χ1v) is 7.07. The summed E-state index contributed by atoms with van der Waals surface area (Å²) in [7, 11) is -3.86. The number of hydrogen-bond donors (Lipinski definition) is 2. The van der Waals surface area contributed by atoms with Gasteiger partial charge in [-0.2, -0.15) is 0 Å². The summed E-state index contributed by atoms with van der Waals surface area (Å²) in [6, 6.07) is 9.71. The number of benzene rings is 1. The van der Waals surface area contributed by atoms with Crippen LogP contribution < -0.4 is 5.14 Å². The Morgan fingerprint density at radius 1 is 1.33 bits per heavy atom. The summed E-state index contributed by atoms with van der Waals surface area (Å²) in [5, 5.41) is 10.9. The van der Waals surface area contributed by atoms with Crippen molar-refractivity contribution in [2.24, 2.45) is 5.14 Å². The van der Waals surface area contributed by atoms with Gasteiger partial charge in [0.15, 0.2) is 0 Å². The van der Waals surface area contributed by atoms with Gasteiger partial charge >= 0.3 is 0 Å². The van der Waals surface area contributed by atoms with E-state index in [2.05, 4.69) is 15.2 Å². The summed E-state index contributed by atoms with van der Waals surface area (Å²) in [6.45, 7) is 2.00. The van der Waals surface area contributed by atoms with Crippen LogP contribution in [0.3, 0.4) is 0 Å². The lowest BCUT2D eigenvalue weighted by Crippen LogP contribution is -2.14. The molecule has 0 saturated carbocycles. The Morgan fingerprint density at radius 2 is 2.00 bits per heavy atom. The summed E-state index contributed by atoms with van der Waals surface area (Å²) in [4.78, 5) is 3.95. The summed E-state index contributed by atoms with van der Waals surface area (Å²) in [5.41, 5.74) is 1.05. The van der Waals surface area contributed by atoms with Gasteiger partial charge in [-0.25, -0.2) is 18.5 Å². The number of aromatic amines is 1. The SMILES string of the molecule is CCC(c1ccccc1)c1nc(S(N)(=O)=O)n[nH]1. The van der Waals surface area contributed by atoms with Crippen molar-refractivity contribution in [1.82, 2.24) is 15.2 Å². The number of nitrogens with one attached hydrogen (secondary N) is 1. The Bertz CT molecular complexity index is 622. The molecular formula is C11H14N4O2S. The molecule has 0 aliphatic rings. The number of aromatic nitrogens is 3. The summed E-state index contributed by atoms with van der Waals surface area (Å²) < 4.78 is 22.3. The van der Waals surface area contributed by atoms with Crippen LogP contribution in [0.2, 0.25) is 0 Å². The van der Waals surface area contributed by atoms with E-state index in [0.717, 1.165) is 12.0 Å². The minimum Gasteiger partial charge on any atom is -0.261 e. The van der Waals surface area contributed by atoms with Crippen LogP contribution in [0, 0.1) is 0 Å². The summed E-state index contributed by atoms with van der Waals surface area (Å²) in [6.07, 6.45) is 0.781. The van der Waals surface area contributed by atoms with Crippen LogP contribution in [0.15, 0.2) is 35.5 Å². The molecule has 3 N–H and O–H groups in total. The standard InChI is InChI=1S/C11H14N4O2S/c1-2-9(8-6-4-3-5-7-8)10-13-11(15-14-10)18(12,16)17/h3-7,9H,2H2,1H3,(H2,12,16,17)(H,13,14,15).